The number of nitrogens with zero attached hydrogens (tertiary/aromatic N) is 2. The number of aryl methyl sites for hydroxylation is 1. The molecule has 1 amide bonds. The molecule has 1 fully saturated rings. The molecule has 3 rings (SSSR count). The Morgan fingerprint density at radius 2 is 2.39 bits per heavy atom. The number of carbonyl (C=O) groups excluding carboxylic acids is 1. The molecule has 1 saturated heterocycles. The SMILES string of the molecule is Cc1nc(COc2cccc(C(=O)N(C)C3CCNC3)c2)cs1. The molecule has 0 bridgehead atoms. The van der Waals surface area contributed by atoms with E-state index in [-0.39, 0.29) is 11.9 Å². The Labute approximate surface area is 140 Å². The van der Waals surface area contributed by atoms with Gasteiger partial charge < -0.3 is 15.0 Å². The van der Waals surface area contributed by atoms with Crippen molar-refractivity contribution in [3.63, 3.8) is 0 Å². The lowest BCUT2D eigenvalue weighted by molar-refractivity contribution is 0.0743. The van der Waals surface area contributed by atoms with Crippen LogP contribution in [0.3, 0.4) is 0 Å². The van der Waals surface area contributed by atoms with Gasteiger partial charge in [0, 0.05) is 30.6 Å². The number of likely N-dealkylation sites (N-methyl/N-ethyl adjacent to an activating group) is 1. The molecule has 2 heterocycles. The van der Waals surface area contributed by atoms with Crippen LogP contribution in [0, 0.1) is 6.92 Å². The van der Waals surface area contributed by atoms with Crippen molar-refractivity contribution < 1.29 is 9.53 Å². The number of hydrogen-bond acceptors (Lipinski definition) is 5. The molecule has 1 unspecified atom stereocenters. The second kappa shape index (κ2) is 7.10. The van der Waals surface area contributed by atoms with Crippen LogP contribution in [0.5, 0.6) is 5.75 Å². The van der Waals surface area contributed by atoms with Crippen molar-refractivity contribution in [3.05, 3.63) is 45.9 Å². The fourth-order valence-corrected chi connectivity index (χ4v) is 3.29. The molecular formula is C17H21N3O2S. The molecule has 5 nitrogen and oxygen atoms in total. The van der Waals surface area contributed by atoms with Gasteiger partial charge in [0.15, 0.2) is 0 Å². The first-order valence-electron chi connectivity index (χ1n) is 7.75. The van der Waals surface area contributed by atoms with Gasteiger partial charge in [-0.05, 0) is 38.1 Å². The van der Waals surface area contributed by atoms with Crippen molar-refractivity contribution >= 4 is 17.2 Å². The Hall–Kier alpha value is -1.92. The lowest BCUT2D eigenvalue weighted by atomic mass is 10.1. The third-order valence-corrected chi connectivity index (χ3v) is 4.86. The van der Waals surface area contributed by atoms with Crippen LogP contribution in [0.1, 0.15) is 27.5 Å². The van der Waals surface area contributed by atoms with Gasteiger partial charge in [0.05, 0.1) is 10.7 Å². The van der Waals surface area contributed by atoms with Gasteiger partial charge in [-0.2, -0.15) is 0 Å². The summed E-state index contributed by atoms with van der Waals surface area (Å²) < 4.78 is 5.76. The summed E-state index contributed by atoms with van der Waals surface area (Å²) >= 11 is 1.61. The zero-order chi connectivity index (χ0) is 16.2. The highest BCUT2D eigenvalue weighted by molar-refractivity contribution is 7.09. The largest absolute Gasteiger partial charge is 0.487 e. The van der Waals surface area contributed by atoms with Gasteiger partial charge in [0.1, 0.15) is 12.4 Å². The van der Waals surface area contributed by atoms with E-state index >= 15 is 0 Å². The molecule has 0 radical (unpaired) electrons. The van der Waals surface area contributed by atoms with E-state index in [4.69, 9.17) is 4.74 Å². The number of aromatic nitrogens is 1. The quantitative estimate of drug-likeness (QED) is 0.914. The maximum absolute atomic E-state index is 12.6. The molecule has 2 aromatic rings. The van der Waals surface area contributed by atoms with Crippen molar-refractivity contribution in [2.75, 3.05) is 20.1 Å². The van der Waals surface area contributed by atoms with Gasteiger partial charge in [-0.3, -0.25) is 4.79 Å². The van der Waals surface area contributed by atoms with Crippen molar-refractivity contribution in [3.8, 4) is 5.75 Å². The minimum atomic E-state index is 0.0358. The average Bonchev–Trinajstić information content (AvgIpc) is 3.23. The van der Waals surface area contributed by atoms with Gasteiger partial charge in [0.2, 0.25) is 0 Å². The third kappa shape index (κ3) is 3.89. The molecule has 1 aliphatic heterocycles. The molecule has 0 aliphatic carbocycles. The number of thiazole rings is 1. The van der Waals surface area contributed by atoms with Crippen LogP contribution >= 0.6 is 11.3 Å². The zero-order valence-electron chi connectivity index (χ0n) is 13.4. The first-order valence-corrected chi connectivity index (χ1v) is 8.63. The molecule has 1 aromatic heterocycles. The highest BCUT2D eigenvalue weighted by Gasteiger charge is 2.24. The maximum atomic E-state index is 12.6. The van der Waals surface area contributed by atoms with Crippen LogP contribution in [0.4, 0.5) is 0 Å². The van der Waals surface area contributed by atoms with Crippen molar-refractivity contribution in [1.82, 2.24) is 15.2 Å². The van der Waals surface area contributed by atoms with Crippen LogP contribution < -0.4 is 10.1 Å². The lowest BCUT2D eigenvalue weighted by Crippen LogP contribution is -2.38. The molecule has 0 saturated carbocycles. The minimum absolute atomic E-state index is 0.0358. The summed E-state index contributed by atoms with van der Waals surface area (Å²) in [7, 11) is 1.87. The number of hydrogen-bond donors (Lipinski definition) is 1. The number of benzene rings is 1. The van der Waals surface area contributed by atoms with E-state index in [1.807, 2.05) is 42.5 Å². The number of nitrogens with one attached hydrogen (secondary N) is 1. The fraction of sp³-hybridized carbons (Fsp3) is 0.412. The smallest absolute Gasteiger partial charge is 0.254 e. The predicted octanol–water partition coefficient (Wildman–Crippen LogP) is 2.46. The van der Waals surface area contributed by atoms with Gasteiger partial charge in [0.25, 0.3) is 5.91 Å². The first-order chi connectivity index (χ1) is 11.1. The van der Waals surface area contributed by atoms with Crippen LogP contribution in [-0.2, 0) is 6.61 Å². The van der Waals surface area contributed by atoms with E-state index in [0.29, 0.717) is 17.9 Å². The van der Waals surface area contributed by atoms with Crippen LogP contribution in [0.2, 0.25) is 0 Å². The summed E-state index contributed by atoms with van der Waals surface area (Å²) in [5.41, 5.74) is 1.57. The topological polar surface area (TPSA) is 54.5 Å². The van der Waals surface area contributed by atoms with Gasteiger partial charge >= 0.3 is 0 Å². The molecule has 122 valence electrons. The minimum Gasteiger partial charge on any atom is -0.487 e. The molecule has 0 spiro atoms. The second-order valence-electron chi connectivity index (χ2n) is 5.74. The summed E-state index contributed by atoms with van der Waals surface area (Å²) in [4.78, 5) is 18.8. The van der Waals surface area contributed by atoms with Crippen LogP contribution in [0.15, 0.2) is 29.6 Å². The Kier molecular flexibility index (Phi) is 4.93. The van der Waals surface area contributed by atoms with E-state index in [1.54, 1.807) is 17.4 Å². The highest BCUT2D eigenvalue weighted by Crippen LogP contribution is 2.18. The van der Waals surface area contributed by atoms with Crippen LogP contribution in [-0.4, -0.2) is 42.0 Å². The summed E-state index contributed by atoms with van der Waals surface area (Å²) in [6.07, 6.45) is 1.00. The standard InChI is InChI=1S/C17H21N3O2S/c1-12-19-14(11-23-12)10-22-16-5-3-4-13(8-16)17(21)20(2)15-6-7-18-9-15/h3-5,8,11,15,18H,6-7,9-10H2,1-2H3. The molecular weight excluding hydrogens is 310 g/mol. The molecule has 6 heteroatoms. The van der Waals surface area contributed by atoms with E-state index in [0.717, 1.165) is 30.2 Å². The van der Waals surface area contributed by atoms with E-state index in [9.17, 15) is 4.79 Å². The summed E-state index contributed by atoms with van der Waals surface area (Å²) in [6.45, 7) is 4.23. The molecule has 1 atom stereocenters. The fourth-order valence-electron chi connectivity index (χ4n) is 2.69. The van der Waals surface area contributed by atoms with Crippen molar-refractivity contribution in [2.24, 2.45) is 0 Å². The van der Waals surface area contributed by atoms with Crippen molar-refractivity contribution in [1.29, 1.82) is 0 Å². The van der Waals surface area contributed by atoms with Crippen molar-refractivity contribution in [2.45, 2.75) is 26.0 Å². The Morgan fingerprint density at radius 1 is 1.52 bits per heavy atom. The van der Waals surface area contributed by atoms with E-state index in [1.165, 1.54) is 0 Å². The van der Waals surface area contributed by atoms with Gasteiger partial charge in [-0.15, -0.1) is 11.3 Å². The Bertz CT molecular complexity index is 680. The molecule has 1 N–H and O–H groups in total. The second-order valence-corrected chi connectivity index (χ2v) is 6.80. The average molecular weight is 331 g/mol. The van der Waals surface area contributed by atoms with Crippen LogP contribution in [0.25, 0.3) is 0 Å². The summed E-state index contributed by atoms with van der Waals surface area (Å²) in [5, 5.41) is 6.31. The summed E-state index contributed by atoms with van der Waals surface area (Å²) in [5.74, 6) is 0.730. The normalized spacial score (nSPS) is 17.2. The molecule has 23 heavy (non-hydrogen) atoms. The van der Waals surface area contributed by atoms with E-state index < -0.39 is 0 Å². The third-order valence-electron chi connectivity index (χ3n) is 4.04. The van der Waals surface area contributed by atoms with Gasteiger partial charge in [-0.25, -0.2) is 4.98 Å². The number of rotatable bonds is 5. The predicted molar refractivity (Wildman–Crippen MR) is 91.0 cm³/mol. The number of ether oxygens (including phenoxy) is 1. The molecule has 1 aromatic carbocycles. The Morgan fingerprint density at radius 3 is 3.09 bits per heavy atom. The maximum Gasteiger partial charge on any atom is 0.254 e. The summed E-state index contributed by atoms with van der Waals surface area (Å²) in [6, 6.07) is 7.63. The van der Waals surface area contributed by atoms with Gasteiger partial charge in [-0.1, -0.05) is 6.07 Å². The monoisotopic (exact) mass is 331 g/mol. The lowest BCUT2D eigenvalue weighted by Gasteiger charge is -2.24. The van der Waals surface area contributed by atoms with E-state index in [2.05, 4.69) is 10.3 Å². The Balaban J connectivity index is 1.65. The number of amides is 1. The zero-order valence-corrected chi connectivity index (χ0v) is 14.2. The first kappa shape index (κ1) is 16.0. The molecule has 1 aliphatic rings. The highest BCUT2D eigenvalue weighted by atomic mass is 32.1. The number of carbonyl (C=O) groups is 1.